The van der Waals surface area contributed by atoms with Crippen molar-refractivity contribution in [1.82, 2.24) is 14.7 Å². The van der Waals surface area contributed by atoms with Crippen LogP contribution in [0.3, 0.4) is 0 Å². The summed E-state index contributed by atoms with van der Waals surface area (Å²) in [5.74, 6) is -1.58. The summed E-state index contributed by atoms with van der Waals surface area (Å²) < 4.78 is 53.8. The molecule has 152 valence electrons. The normalized spacial score (nSPS) is 17.2. The van der Waals surface area contributed by atoms with E-state index in [0.29, 0.717) is 4.68 Å². The lowest BCUT2D eigenvalue weighted by atomic mass is 10.0. The number of likely N-dealkylation sites (tertiary alicyclic amines) is 1. The first-order valence-corrected chi connectivity index (χ1v) is 8.70. The summed E-state index contributed by atoms with van der Waals surface area (Å²) in [4.78, 5) is 25.7. The second-order valence-corrected chi connectivity index (χ2v) is 7.28. The number of halogens is 4. The number of carbonyl (C=O) groups is 1. The summed E-state index contributed by atoms with van der Waals surface area (Å²) in [6.07, 6.45) is -5.84. The van der Waals surface area contributed by atoms with Gasteiger partial charge in [-0.2, -0.15) is 18.3 Å². The Morgan fingerprint density at radius 2 is 1.93 bits per heavy atom. The van der Waals surface area contributed by atoms with E-state index in [9.17, 15) is 32.3 Å². The number of aliphatic carboxylic acids is 1. The number of hydrogen-bond acceptors (Lipinski definition) is 4. The molecule has 1 fully saturated rings. The van der Waals surface area contributed by atoms with E-state index < -0.39 is 35.5 Å². The predicted molar refractivity (Wildman–Crippen MR) is 89.4 cm³/mol. The molecule has 1 aliphatic heterocycles. The molecule has 27 heavy (non-hydrogen) atoms. The van der Waals surface area contributed by atoms with Gasteiger partial charge in [0.25, 0.3) is 5.56 Å². The maximum Gasteiger partial charge on any atom is 0.422 e. The average Bonchev–Trinajstić information content (AvgIpc) is 2.48. The Hall–Kier alpha value is -1.97. The van der Waals surface area contributed by atoms with Crippen LogP contribution >= 0.6 is 0 Å². The third-order valence-corrected chi connectivity index (χ3v) is 4.59. The van der Waals surface area contributed by atoms with Gasteiger partial charge in [0.15, 0.2) is 6.04 Å². The van der Waals surface area contributed by atoms with Crippen molar-refractivity contribution in [2.45, 2.75) is 52.0 Å². The van der Waals surface area contributed by atoms with Crippen LogP contribution in [0.4, 0.5) is 17.6 Å². The lowest BCUT2D eigenvalue weighted by Crippen LogP contribution is -2.49. The fraction of sp³-hybridized carbons (Fsp3) is 0.706. The summed E-state index contributed by atoms with van der Waals surface area (Å²) in [5, 5.41) is 13.4. The van der Waals surface area contributed by atoms with E-state index >= 15 is 0 Å². The molecule has 0 unspecified atom stereocenters. The number of rotatable bonds is 7. The number of carboxylic acids is 1. The number of nitrogens with zero attached hydrogens (tertiary/aromatic N) is 3. The van der Waals surface area contributed by atoms with Crippen molar-refractivity contribution >= 4 is 5.97 Å². The zero-order valence-electron chi connectivity index (χ0n) is 15.4. The molecule has 1 aliphatic rings. The van der Waals surface area contributed by atoms with Crippen LogP contribution in [-0.4, -0.2) is 51.6 Å². The molecule has 0 aromatic carbocycles. The van der Waals surface area contributed by atoms with Gasteiger partial charge in [-0.3, -0.25) is 9.69 Å². The Morgan fingerprint density at radius 1 is 1.33 bits per heavy atom. The van der Waals surface area contributed by atoms with E-state index in [1.165, 1.54) is 0 Å². The summed E-state index contributed by atoms with van der Waals surface area (Å²) in [6.45, 7) is 5.26. The monoisotopic (exact) mass is 393 g/mol. The molecule has 1 atom stereocenters. The topological polar surface area (TPSA) is 75.4 Å². The van der Waals surface area contributed by atoms with Gasteiger partial charge in [0.05, 0.1) is 5.69 Å². The summed E-state index contributed by atoms with van der Waals surface area (Å²) in [5.41, 5.74) is -3.16. The van der Waals surface area contributed by atoms with Gasteiger partial charge < -0.3 is 5.11 Å². The number of alkyl halides is 4. The van der Waals surface area contributed by atoms with Crippen LogP contribution in [0.2, 0.25) is 0 Å². The molecule has 0 bridgehead atoms. The third-order valence-electron chi connectivity index (χ3n) is 4.59. The first-order valence-electron chi connectivity index (χ1n) is 8.70. The minimum absolute atomic E-state index is 0.000704. The molecule has 0 radical (unpaired) electrons. The molecular formula is C17H23F4N3O3. The van der Waals surface area contributed by atoms with E-state index in [-0.39, 0.29) is 49.7 Å². The first-order chi connectivity index (χ1) is 12.4. The third kappa shape index (κ3) is 4.85. The molecule has 1 N–H and O–H groups in total. The molecule has 10 heteroatoms. The van der Waals surface area contributed by atoms with Gasteiger partial charge in [0.2, 0.25) is 0 Å². The highest BCUT2D eigenvalue weighted by Gasteiger charge is 2.40. The summed E-state index contributed by atoms with van der Waals surface area (Å²) in [7, 11) is 0. The molecule has 1 saturated heterocycles. The van der Waals surface area contributed by atoms with Crippen LogP contribution in [0.15, 0.2) is 4.79 Å². The Kier molecular flexibility index (Phi) is 6.28. The molecular weight excluding hydrogens is 370 g/mol. The van der Waals surface area contributed by atoms with E-state index in [0.717, 1.165) is 6.92 Å². The van der Waals surface area contributed by atoms with Gasteiger partial charge in [-0.05, 0) is 24.8 Å². The van der Waals surface area contributed by atoms with Crippen molar-refractivity contribution in [3.63, 3.8) is 0 Å². The Labute approximate surface area is 153 Å². The average molecular weight is 393 g/mol. The van der Waals surface area contributed by atoms with Crippen LogP contribution in [0.5, 0.6) is 0 Å². The first kappa shape index (κ1) is 21.3. The molecule has 1 aromatic rings. The van der Waals surface area contributed by atoms with Crippen molar-refractivity contribution in [3.05, 3.63) is 27.2 Å². The summed E-state index contributed by atoms with van der Waals surface area (Å²) >= 11 is 0. The fourth-order valence-electron chi connectivity index (χ4n) is 3.16. The Morgan fingerprint density at radius 3 is 2.37 bits per heavy atom. The molecule has 2 rings (SSSR count). The number of hydrogen-bond donors (Lipinski definition) is 1. The Balaban J connectivity index is 2.49. The lowest BCUT2D eigenvalue weighted by Gasteiger charge is -2.34. The zero-order valence-corrected chi connectivity index (χ0v) is 15.4. The van der Waals surface area contributed by atoms with Crippen molar-refractivity contribution in [1.29, 1.82) is 0 Å². The predicted octanol–water partition coefficient (Wildman–Crippen LogP) is 2.44. The second-order valence-electron chi connectivity index (χ2n) is 7.28. The minimum Gasteiger partial charge on any atom is -0.480 e. The van der Waals surface area contributed by atoms with E-state index in [1.54, 1.807) is 18.7 Å². The quantitative estimate of drug-likeness (QED) is 0.721. The van der Waals surface area contributed by atoms with E-state index in [4.69, 9.17) is 0 Å². The van der Waals surface area contributed by atoms with Crippen molar-refractivity contribution < 1.29 is 27.5 Å². The Bertz CT molecular complexity index is 755. The maximum absolute atomic E-state index is 13.5. The SMILES string of the molecule is Cc1c(CCN2CC(F)C2)nn([C@@H](CC(C)C)C(=O)O)c(=O)c1C(F)(F)F. The van der Waals surface area contributed by atoms with Crippen LogP contribution in [-0.2, 0) is 17.4 Å². The number of carboxylic acid groups (broad SMARTS) is 1. The molecule has 0 spiro atoms. The van der Waals surface area contributed by atoms with Crippen LogP contribution in [0.1, 0.15) is 43.1 Å². The molecule has 2 heterocycles. The van der Waals surface area contributed by atoms with E-state index in [1.807, 2.05) is 0 Å². The van der Waals surface area contributed by atoms with Gasteiger partial charge in [-0.15, -0.1) is 0 Å². The van der Waals surface area contributed by atoms with E-state index in [2.05, 4.69) is 5.10 Å². The largest absolute Gasteiger partial charge is 0.480 e. The highest BCUT2D eigenvalue weighted by atomic mass is 19.4. The van der Waals surface area contributed by atoms with Gasteiger partial charge in [0, 0.05) is 26.1 Å². The molecule has 0 aliphatic carbocycles. The van der Waals surface area contributed by atoms with Crippen LogP contribution in [0.25, 0.3) is 0 Å². The van der Waals surface area contributed by atoms with Gasteiger partial charge in [0.1, 0.15) is 11.7 Å². The van der Waals surface area contributed by atoms with Crippen molar-refractivity contribution in [2.75, 3.05) is 19.6 Å². The highest BCUT2D eigenvalue weighted by Crippen LogP contribution is 2.31. The standard InChI is InChI=1S/C17H23F4N3O3/c1-9(2)6-13(16(26)27)24-15(25)14(17(19,20)21)10(3)12(22-24)4-5-23-7-11(18)8-23/h9,11,13H,4-8H2,1-3H3,(H,26,27)/t13-/m0/s1. The lowest BCUT2D eigenvalue weighted by molar-refractivity contribution is -0.144. The van der Waals surface area contributed by atoms with Gasteiger partial charge in [-0.25, -0.2) is 13.9 Å². The second kappa shape index (κ2) is 7.95. The summed E-state index contributed by atoms with van der Waals surface area (Å²) in [6, 6.07) is -1.49. The fourth-order valence-corrected chi connectivity index (χ4v) is 3.16. The van der Waals surface area contributed by atoms with Crippen LogP contribution < -0.4 is 5.56 Å². The molecule has 0 saturated carbocycles. The van der Waals surface area contributed by atoms with Crippen LogP contribution in [0, 0.1) is 12.8 Å². The number of aromatic nitrogens is 2. The minimum atomic E-state index is -4.93. The van der Waals surface area contributed by atoms with Crippen molar-refractivity contribution in [2.24, 2.45) is 5.92 Å². The van der Waals surface area contributed by atoms with Crippen molar-refractivity contribution in [3.8, 4) is 0 Å². The zero-order chi connectivity index (χ0) is 20.5. The highest BCUT2D eigenvalue weighted by molar-refractivity contribution is 5.71. The van der Waals surface area contributed by atoms with Gasteiger partial charge in [-0.1, -0.05) is 13.8 Å². The molecule has 6 nitrogen and oxygen atoms in total. The smallest absolute Gasteiger partial charge is 0.422 e. The maximum atomic E-state index is 13.5. The molecule has 1 aromatic heterocycles. The van der Waals surface area contributed by atoms with Gasteiger partial charge >= 0.3 is 12.1 Å². The molecule has 0 amide bonds.